The van der Waals surface area contributed by atoms with Crippen molar-refractivity contribution in [2.45, 2.75) is 0 Å². The first-order chi connectivity index (χ1) is 7.72. The number of hydrogen-bond acceptors (Lipinski definition) is 3. The average Bonchev–Trinajstić information content (AvgIpc) is 2.83. The van der Waals surface area contributed by atoms with Crippen LogP contribution in [0, 0.1) is 0 Å². The molecule has 0 amide bonds. The number of H-pyrrole nitrogens is 1. The fourth-order valence-electron chi connectivity index (χ4n) is 1.60. The van der Waals surface area contributed by atoms with Gasteiger partial charge in [0.05, 0.1) is 0 Å². The first-order valence-electron chi connectivity index (χ1n) is 4.73. The van der Waals surface area contributed by atoms with Crippen molar-refractivity contribution in [1.29, 1.82) is 0 Å². The Kier molecular flexibility index (Phi) is 2.00. The van der Waals surface area contributed by atoms with Gasteiger partial charge in [-0.3, -0.25) is 5.10 Å². The summed E-state index contributed by atoms with van der Waals surface area (Å²) in [5.74, 6) is 1.19. The Morgan fingerprint density at radius 2 is 2.12 bits per heavy atom. The highest BCUT2D eigenvalue weighted by atomic mass is 79.9. The summed E-state index contributed by atoms with van der Waals surface area (Å²) < 4.78 is 6.68. The molecule has 0 aliphatic carbocycles. The van der Waals surface area contributed by atoms with Crippen LogP contribution in [0.4, 0.5) is 5.82 Å². The van der Waals surface area contributed by atoms with Crippen LogP contribution in [0.3, 0.4) is 0 Å². The Morgan fingerprint density at radius 3 is 2.88 bits per heavy atom. The van der Waals surface area contributed by atoms with Crippen LogP contribution in [-0.2, 0) is 0 Å². The summed E-state index contributed by atoms with van der Waals surface area (Å²) >= 11 is 3.40. The molecule has 0 fully saturated rings. The van der Waals surface area contributed by atoms with Gasteiger partial charge in [0.25, 0.3) is 0 Å². The number of nitrogen functional groups attached to an aromatic ring is 1. The number of furan rings is 1. The van der Waals surface area contributed by atoms with Crippen molar-refractivity contribution in [1.82, 2.24) is 10.2 Å². The van der Waals surface area contributed by atoms with E-state index in [2.05, 4.69) is 26.1 Å². The number of halogens is 1. The van der Waals surface area contributed by atoms with Gasteiger partial charge in [-0.2, -0.15) is 5.10 Å². The second-order valence-corrected chi connectivity index (χ2v) is 4.41. The molecular formula is C11H8BrN3O. The fraction of sp³-hybridized carbons (Fsp3) is 0. The lowest BCUT2D eigenvalue weighted by Crippen LogP contribution is -1.81. The molecular weight excluding hydrogens is 270 g/mol. The Balaban J connectivity index is 2.18. The summed E-state index contributed by atoms with van der Waals surface area (Å²) in [7, 11) is 0. The van der Waals surface area contributed by atoms with Crippen LogP contribution in [0.25, 0.3) is 22.4 Å². The summed E-state index contributed by atoms with van der Waals surface area (Å²) in [5.41, 5.74) is 7.16. The first-order valence-corrected chi connectivity index (χ1v) is 5.52. The van der Waals surface area contributed by atoms with Crippen molar-refractivity contribution in [3.8, 4) is 11.5 Å². The van der Waals surface area contributed by atoms with E-state index in [1.54, 1.807) is 6.07 Å². The Hall–Kier alpha value is -1.75. The van der Waals surface area contributed by atoms with Gasteiger partial charge in [0.1, 0.15) is 17.1 Å². The van der Waals surface area contributed by atoms with Crippen molar-refractivity contribution < 1.29 is 4.42 Å². The van der Waals surface area contributed by atoms with Crippen molar-refractivity contribution in [3.63, 3.8) is 0 Å². The van der Waals surface area contributed by atoms with Gasteiger partial charge in [0.15, 0.2) is 5.76 Å². The van der Waals surface area contributed by atoms with E-state index in [1.165, 1.54) is 0 Å². The maximum atomic E-state index is 5.69. The van der Waals surface area contributed by atoms with Gasteiger partial charge in [-0.25, -0.2) is 0 Å². The third kappa shape index (κ3) is 1.49. The molecule has 0 radical (unpaired) electrons. The SMILES string of the molecule is Nc1cc(-c2cc3ccc(Br)cc3o2)[nH]n1. The van der Waals surface area contributed by atoms with Gasteiger partial charge in [-0.15, -0.1) is 0 Å². The number of fused-ring (bicyclic) bond motifs is 1. The Morgan fingerprint density at radius 1 is 1.25 bits per heavy atom. The largest absolute Gasteiger partial charge is 0.454 e. The van der Waals surface area contributed by atoms with Gasteiger partial charge in [-0.1, -0.05) is 15.9 Å². The number of benzene rings is 1. The van der Waals surface area contributed by atoms with Crippen LogP contribution in [0.5, 0.6) is 0 Å². The number of anilines is 1. The van der Waals surface area contributed by atoms with Crippen molar-refractivity contribution in [2.75, 3.05) is 5.73 Å². The summed E-state index contributed by atoms with van der Waals surface area (Å²) in [4.78, 5) is 0. The maximum Gasteiger partial charge on any atom is 0.153 e. The van der Waals surface area contributed by atoms with Crippen LogP contribution in [0.1, 0.15) is 0 Å². The predicted octanol–water partition coefficient (Wildman–Crippen LogP) is 3.17. The zero-order chi connectivity index (χ0) is 11.1. The molecule has 80 valence electrons. The summed E-state index contributed by atoms with van der Waals surface area (Å²) in [6.45, 7) is 0. The molecule has 16 heavy (non-hydrogen) atoms. The van der Waals surface area contributed by atoms with Gasteiger partial charge < -0.3 is 10.2 Å². The summed E-state index contributed by atoms with van der Waals surface area (Å²) in [5, 5.41) is 7.73. The highest BCUT2D eigenvalue weighted by Gasteiger charge is 2.08. The number of aromatic nitrogens is 2. The predicted molar refractivity (Wildman–Crippen MR) is 65.9 cm³/mol. The summed E-state index contributed by atoms with van der Waals surface area (Å²) in [6.07, 6.45) is 0. The van der Waals surface area contributed by atoms with Crippen molar-refractivity contribution >= 4 is 32.7 Å². The molecule has 5 heteroatoms. The lowest BCUT2D eigenvalue weighted by atomic mass is 10.2. The van der Waals surface area contributed by atoms with E-state index in [0.29, 0.717) is 5.82 Å². The number of nitrogens with one attached hydrogen (secondary N) is 1. The molecule has 2 heterocycles. The summed E-state index contributed by atoms with van der Waals surface area (Å²) in [6, 6.07) is 9.59. The van der Waals surface area contributed by atoms with Gasteiger partial charge in [0, 0.05) is 15.9 Å². The topological polar surface area (TPSA) is 67.8 Å². The lowest BCUT2D eigenvalue weighted by Gasteiger charge is -1.89. The molecule has 0 saturated heterocycles. The van der Waals surface area contributed by atoms with E-state index < -0.39 is 0 Å². The van der Waals surface area contributed by atoms with Gasteiger partial charge >= 0.3 is 0 Å². The minimum Gasteiger partial charge on any atom is -0.454 e. The maximum absolute atomic E-state index is 5.69. The van der Waals surface area contributed by atoms with Crippen LogP contribution in [-0.4, -0.2) is 10.2 Å². The molecule has 0 aliphatic rings. The average molecular weight is 278 g/mol. The van der Waals surface area contributed by atoms with Crippen LogP contribution >= 0.6 is 15.9 Å². The molecule has 2 aromatic heterocycles. The van der Waals surface area contributed by atoms with E-state index in [0.717, 1.165) is 26.9 Å². The fourth-order valence-corrected chi connectivity index (χ4v) is 1.94. The second kappa shape index (κ2) is 3.38. The highest BCUT2D eigenvalue weighted by molar-refractivity contribution is 9.10. The molecule has 3 rings (SSSR count). The normalized spacial score (nSPS) is 11.1. The zero-order valence-corrected chi connectivity index (χ0v) is 9.78. The third-order valence-electron chi connectivity index (χ3n) is 2.35. The molecule has 0 spiro atoms. The minimum absolute atomic E-state index is 0.455. The first kappa shape index (κ1) is 9.47. The number of nitrogens with zero attached hydrogens (tertiary/aromatic N) is 1. The minimum atomic E-state index is 0.455. The van der Waals surface area contributed by atoms with Crippen LogP contribution < -0.4 is 5.73 Å². The molecule has 0 atom stereocenters. The molecule has 4 nitrogen and oxygen atoms in total. The Labute approximate surface area is 99.6 Å². The molecule has 3 aromatic rings. The quantitative estimate of drug-likeness (QED) is 0.718. The molecule has 0 bridgehead atoms. The van der Waals surface area contributed by atoms with Crippen LogP contribution in [0.2, 0.25) is 0 Å². The van der Waals surface area contributed by atoms with Crippen molar-refractivity contribution in [3.05, 3.63) is 34.8 Å². The van der Waals surface area contributed by atoms with E-state index >= 15 is 0 Å². The lowest BCUT2D eigenvalue weighted by molar-refractivity contribution is 0.628. The van der Waals surface area contributed by atoms with E-state index in [-0.39, 0.29) is 0 Å². The van der Waals surface area contributed by atoms with Crippen molar-refractivity contribution in [2.24, 2.45) is 0 Å². The number of nitrogens with two attached hydrogens (primary N) is 1. The standard InChI is InChI=1S/C11H8BrN3O/c12-7-2-1-6-3-10(16-9(6)4-7)8-5-11(13)15-14-8/h1-5H,(H3,13,14,15). The van der Waals surface area contributed by atoms with E-state index in [9.17, 15) is 0 Å². The van der Waals surface area contributed by atoms with Gasteiger partial charge in [0.2, 0.25) is 0 Å². The van der Waals surface area contributed by atoms with Crippen LogP contribution in [0.15, 0.2) is 39.2 Å². The zero-order valence-electron chi connectivity index (χ0n) is 8.20. The highest BCUT2D eigenvalue weighted by Crippen LogP contribution is 2.29. The smallest absolute Gasteiger partial charge is 0.153 e. The second-order valence-electron chi connectivity index (χ2n) is 3.50. The number of hydrogen-bond donors (Lipinski definition) is 2. The van der Waals surface area contributed by atoms with E-state index in [4.69, 9.17) is 10.2 Å². The monoisotopic (exact) mass is 277 g/mol. The molecule has 0 aliphatic heterocycles. The Bertz CT molecular complexity index is 656. The number of aromatic amines is 1. The molecule has 3 N–H and O–H groups in total. The molecule has 1 aromatic carbocycles. The van der Waals surface area contributed by atoms with Gasteiger partial charge in [-0.05, 0) is 24.3 Å². The third-order valence-corrected chi connectivity index (χ3v) is 2.84. The molecule has 0 saturated carbocycles. The number of rotatable bonds is 1. The van der Waals surface area contributed by atoms with E-state index in [1.807, 2.05) is 24.3 Å². The molecule has 0 unspecified atom stereocenters.